The second-order valence-electron chi connectivity index (χ2n) is 8.54. The standard InChI is InChI=1S/C19H34O4/c1-18(2,23-13-21-3)10-5-7-17-15-9-8-14-16(20)6-4-11-19(14,15)12-22-17/h14-17,20H,4-13H2,1-3H3/t14-,15+,16-,17+,19+/m0/s1. The second kappa shape index (κ2) is 6.99. The molecule has 134 valence electrons. The van der Waals surface area contributed by atoms with Gasteiger partial charge in [0.25, 0.3) is 0 Å². The molecular weight excluding hydrogens is 292 g/mol. The summed E-state index contributed by atoms with van der Waals surface area (Å²) in [4.78, 5) is 0. The quantitative estimate of drug-likeness (QED) is 0.727. The van der Waals surface area contributed by atoms with Crippen LogP contribution < -0.4 is 0 Å². The van der Waals surface area contributed by atoms with Crippen LogP contribution in [0.4, 0.5) is 0 Å². The second-order valence-corrected chi connectivity index (χ2v) is 8.54. The van der Waals surface area contributed by atoms with Crippen LogP contribution in [0, 0.1) is 17.3 Å². The van der Waals surface area contributed by atoms with Crippen molar-refractivity contribution in [2.24, 2.45) is 17.3 Å². The Labute approximate surface area is 140 Å². The predicted molar refractivity (Wildman–Crippen MR) is 89.1 cm³/mol. The van der Waals surface area contributed by atoms with Gasteiger partial charge in [-0.05, 0) is 70.6 Å². The van der Waals surface area contributed by atoms with Gasteiger partial charge in [0.1, 0.15) is 6.79 Å². The lowest BCUT2D eigenvalue weighted by atomic mass is 9.63. The molecule has 1 heterocycles. The summed E-state index contributed by atoms with van der Waals surface area (Å²) < 4.78 is 17.0. The minimum atomic E-state index is -0.133. The summed E-state index contributed by atoms with van der Waals surface area (Å²) in [5, 5.41) is 10.4. The summed E-state index contributed by atoms with van der Waals surface area (Å²) in [7, 11) is 1.66. The fourth-order valence-corrected chi connectivity index (χ4v) is 5.52. The molecule has 2 aliphatic carbocycles. The van der Waals surface area contributed by atoms with Gasteiger partial charge in [-0.1, -0.05) is 6.42 Å². The Morgan fingerprint density at radius 3 is 2.78 bits per heavy atom. The van der Waals surface area contributed by atoms with E-state index in [2.05, 4.69) is 13.8 Å². The molecule has 4 nitrogen and oxygen atoms in total. The number of hydrogen-bond acceptors (Lipinski definition) is 4. The van der Waals surface area contributed by atoms with Crippen LogP contribution in [0.15, 0.2) is 0 Å². The van der Waals surface area contributed by atoms with E-state index < -0.39 is 0 Å². The molecule has 3 fully saturated rings. The van der Waals surface area contributed by atoms with Crippen LogP contribution >= 0.6 is 0 Å². The predicted octanol–water partition coefficient (Wildman–Crippen LogP) is 3.51. The molecule has 1 spiro atoms. The molecule has 0 radical (unpaired) electrons. The number of methoxy groups -OCH3 is 1. The molecule has 3 aliphatic rings. The van der Waals surface area contributed by atoms with Crippen molar-refractivity contribution < 1.29 is 19.3 Å². The van der Waals surface area contributed by atoms with E-state index in [1.165, 1.54) is 25.7 Å². The molecule has 5 atom stereocenters. The first-order valence-electron chi connectivity index (χ1n) is 9.41. The van der Waals surface area contributed by atoms with Crippen molar-refractivity contribution in [3.63, 3.8) is 0 Å². The third-order valence-electron chi connectivity index (χ3n) is 6.72. The Hall–Kier alpha value is -0.160. The molecule has 4 heteroatoms. The monoisotopic (exact) mass is 326 g/mol. The van der Waals surface area contributed by atoms with E-state index in [4.69, 9.17) is 14.2 Å². The summed E-state index contributed by atoms with van der Waals surface area (Å²) in [6.45, 7) is 5.50. The lowest BCUT2D eigenvalue weighted by Crippen LogP contribution is -2.42. The summed E-state index contributed by atoms with van der Waals surface area (Å²) in [6.07, 6.45) is 9.46. The van der Waals surface area contributed by atoms with Gasteiger partial charge >= 0.3 is 0 Å². The van der Waals surface area contributed by atoms with Gasteiger partial charge in [0.15, 0.2) is 0 Å². The van der Waals surface area contributed by atoms with Crippen molar-refractivity contribution in [2.45, 2.75) is 83.0 Å². The van der Waals surface area contributed by atoms with Crippen LogP contribution in [0.2, 0.25) is 0 Å². The molecule has 0 bridgehead atoms. The SMILES string of the molecule is COCOC(C)(C)CCC[C@H]1OC[C@]23CCC[C@H](O)[C@@H]2CC[C@H]13. The van der Waals surface area contributed by atoms with Gasteiger partial charge in [0, 0.05) is 12.5 Å². The highest BCUT2D eigenvalue weighted by atomic mass is 16.7. The van der Waals surface area contributed by atoms with Gasteiger partial charge in [0.05, 0.1) is 24.4 Å². The van der Waals surface area contributed by atoms with Crippen molar-refractivity contribution in [3.05, 3.63) is 0 Å². The van der Waals surface area contributed by atoms with Gasteiger partial charge in [-0.15, -0.1) is 0 Å². The number of ether oxygens (including phenoxy) is 3. The summed E-state index contributed by atoms with van der Waals surface area (Å²) >= 11 is 0. The summed E-state index contributed by atoms with van der Waals surface area (Å²) in [5.41, 5.74) is 0.163. The van der Waals surface area contributed by atoms with E-state index in [0.717, 1.165) is 32.3 Å². The van der Waals surface area contributed by atoms with Crippen molar-refractivity contribution in [3.8, 4) is 0 Å². The average molecular weight is 326 g/mol. The van der Waals surface area contributed by atoms with Crippen molar-refractivity contribution >= 4 is 0 Å². The molecule has 1 aliphatic heterocycles. The number of hydrogen-bond donors (Lipinski definition) is 1. The molecule has 0 aromatic heterocycles. The van der Waals surface area contributed by atoms with Gasteiger partial charge in [0.2, 0.25) is 0 Å². The molecule has 0 amide bonds. The molecule has 1 N–H and O–H groups in total. The van der Waals surface area contributed by atoms with Gasteiger partial charge < -0.3 is 19.3 Å². The number of aliphatic hydroxyl groups excluding tert-OH is 1. The van der Waals surface area contributed by atoms with Crippen LogP contribution in [0.3, 0.4) is 0 Å². The molecule has 3 rings (SSSR count). The minimum Gasteiger partial charge on any atom is -0.393 e. The first kappa shape index (κ1) is 17.7. The Kier molecular flexibility index (Phi) is 5.37. The Morgan fingerprint density at radius 1 is 1.22 bits per heavy atom. The zero-order valence-electron chi connectivity index (χ0n) is 15.1. The Bertz CT molecular complexity index is 397. The molecule has 0 aromatic rings. The van der Waals surface area contributed by atoms with E-state index in [-0.39, 0.29) is 11.7 Å². The lowest BCUT2D eigenvalue weighted by Gasteiger charge is -2.41. The van der Waals surface area contributed by atoms with Crippen LogP contribution in [0.25, 0.3) is 0 Å². The van der Waals surface area contributed by atoms with Crippen LogP contribution in [0.1, 0.15) is 65.2 Å². The Balaban J connectivity index is 1.51. The minimum absolute atomic E-state index is 0.0857. The summed E-state index contributed by atoms with van der Waals surface area (Å²) in [6, 6.07) is 0. The highest BCUT2D eigenvalue weighted by molar-refractivity contribution is 5.08. The van der Waals surface area contributed by atoms with E-state index >= 15 is 0 Å². The summed E-state index contributed by atoms with van der Waals surface area (Å²) in [5.74, 6) is 1.16. The maximum atomic E-state index is 10.4. The topological polar surface area (TPSA) is 47.9 Å². The van der Waals surface area contributed by atoms with E-state index in [1.807, 2.05) is 0 Å². The van der Waals surface area contributed by atoms with E-state index in [9.17, 15) is 5.11 Å². The molecule has 23 heavy (non-hydrogen) atoms. The van der Waals surface area contributed by atoms with Crippen LogP contribution in [-0.4, -0.2) is 43.4 Å². The fraction of sp³-hybridized carbons (Fsp3) is 1.00. The average Bonchev–Trinajstić information content (AvgIpc) is 3.03. The molecule has 0 aromatic carbocycles. The zero-order chi connectivity index (χ0) is 16.5. The highest BCUT2D eigenvalue weighted by Gasteiger charge is 2.59. The number of rotatable bonds is 7. The maximum absolute atomic E-state index is 10.4. The van der Waals surface area contributed by atoms with Gasteiger partial charge in [-0.2, -0.15) is 0 Å². The van der Waals surface area contributed by atoms with Crippen molar-refractivity contribution in [2.75, 3.05) is 20.5 Å². The van der Waals surface area contributed by atoms with Gasteiger partial charge in [-0.25, -0.2) is 0 Å². The van der Waals surface area contributed by atoms with E-state index in [0.29, 0.717) is 30.1 Å². The third-order valence-corrected chi connectivity index (χ3v) is 6.72. The smallest absolute Gasteiger partial charge is 0.147 e. The number of aliphatic hydroxyl groups is 1. The first-order valence-corrected chi connectivity index (χ1v) is 9.41. The normalized spacial score (nSPS) is 40.2. The zero-order valence-corrected chi connectivity index (χ0v) is 15.1. The van der Waals surface area contributed by atoms with Crippen LogP contribution in [-0.2, 0) is 14.2 Å². The lowest BCUT2D eigenvalue weighted by molar-refractivity contribution is -0.118. The first-order chi connectivity index (χ1) is 11.0. The third kappa shape index (κ3) is 3.46. The molecule has 2 saturated carbocycles. The molecule has 1 saturated heterocycles. The van der Waals surface area contributed by atoms with Gasteiger partial charge in [-0.3, -0.25) is 0 Å². The molecular formula is C19H34O4. The van der Waals surface area contributed by atoms with E-state index in [1.54, 1.807) is 7.11 Å². The largest absolute Gasteiger partial charge is 0.393 e. The maximum Gasteiger partial charge on any atom is 0.147 e. The fourth-order valence-electron chi connectivity index (χ4n) is 5.52. The van der Waals surface area contributed by atoms with Crippen molar-refractivity contribution in [1.82, 2.24) is 0 Å². The Morgan fingerprint density at radius 2 is 2.00 bits per heavy atom. The molecule has 0 unspecified atom stereocenters. The van der Waals surface area contributed by atoms with Crippen LogP contribution in [0.5, 0.6) is 0 Å². The highest BCUT2D eigenvalue weighted by Crippen LogP contribution is 2.61. The van der Waals surface area contributed by atoms with Crippen molar-refractivity contribution in [1.29, 1.82) is 0 Å².